The number of carbonyl (C=O) groups excluding carboxylic acids is 1. The van der Waals surface area contributed by atoms with Gasteiger partial charge in [0.05, 0.1) is 33.0 Å². The topological polar surface area (TPSA) is 77.0 Å². The van der Waals surface area contributed by atoms with Crippen molar-refractivity contribution >= 4 is 11.6 Å². The maximum absolute atomic E-state index is 10.9. The van der Waals surface area contributed by atoms with Gasteiger partial charge in [0.2, 0.25) is 5.91 Å². The number of aliphatic hydroxyl groups is 1. The number of anilines is 1. The fourth-order valence-corrected chi connectivity index (χ4v) is 1.44. The molecule has 0 atom stereocenters. The predicted molar refractivity (Wildman–Crippen MR) is 75.0 cm³/mol. The summed E-state index contributed by atoms with van der Waals surface area (Å²) in [5.41, 5.74) is 0.738. The summed E-state index contributed by atoms with van der Waals surface area (Å²) in [4.78, 5) is 10.9. The molecule has 0 aliphatic carbocycles. The second kappa shape index (κ2) is 10.2. The molecule has 0 saturated carbocycles. The Bertz CT molecular complexity index is 380. The third-order valence-corrected chi connectivity index (χ3v) is 2.28. The van der Waals surface area contributed by atoms with Crippen molar-refractivity contribution in [2.75, 3.05) is 45.0 Å². The lowest BCUT2D eigenvalue weighted by Crippen LogP contribution is -2.12. The van der Waals surface area contributed by atoms with E-state index in [4.69, 9.17) is 19.3 Å². The van der Waals surface area contributed by atoms with Gasteiger partial charge in [-0.1, -0.05) is 0 Å². The van der Waals surface area contributed by atoms with Gasteiger partial charge in [-0.15, -0.1) is 0 Å². The van der Waals surface area contributed by atoms with Gasteiger partial charge in [0.1, 0.15) is 12.4 Å². The zero-order chi connectivity index (χ0) is 14.6. The SMILES string of the molecule is CC(=O)Nc1ccc(OCCOCCOCCO)cc1. The Hall–Kier alpha value is -1.63. The van der Waals surface area contributed by atoms with Crippen molar-refractivity contribution in [3.8, 4) is 5.75 Å². The van der Waals surface area contributed by atoms with Crippen molar-refractivity contribution in [3.63, 3.8) is 0 Å². The third-order valence-electron chi connectivity index (χ3n) is 2.28. The van der Waals surface area contributed by atoms with Crippen LogP contribution in [0, 0.1) is 0 Å². The number of rotatable bonds is 10. The fourth-order valence-electron chi connectivity index (χ4n) is 1.44. The molecule has 0 heterocycles. The number of benzene rings is 1. The maximum Gasteiger partial charge on any atom is 0.221 e. The molecule has 2 N–H and O–H groups in total. The van der Waals surface area contributed by atoms with Crippen LogP contribution in [0.3, 0.4) is 0 Å². The van der Waals surface area contributed by atoms with Crippen molar-refractivity contribution in [2.24, 2.45) is 0 Å². The molecule has 20 heavy (non-hydrogen) atoms. The second-order valence-electron chi connectivity index (χ2n) is 4.00. The van der Waals surface area contributed by atoms with Gasteiger partial charge >= 0.3 is 0 Å². The number of hydrogen-bond acceptors (Lipinski definition) is 5. The van der Waals surface area contributed by atoms with Crippen LogP contribution in [0.2, 0.25) is 0 Å². The lowest BCUT2D eigenvalue weighted by Gasteiger charge is -2.08. The second-order valence-corrected chi connectivity index (χ2v) is 4.00. The molecule has 0 bridgehead atoms. The Morgan fingerprint density at radius 1 is 1.05 bits per heavy atom. The largest absolute Gasteiger partial charge is 0.491 e. The smallest absolute Gasteiger partial charge is 0.221 e. The van der Waals surface area contributed by atoms with Crippen molar-refractivity contribution < 1.29 is 24.1 Å². The molecule has 6 nitrogen and oxygen atoms in total. The van der Waals surface area contributed by atoms with Gasteiger partial charge < -0.3 is 24.6 Å². The zero-order valence-electron chi connectivity index (χ0n) is 11.6. The van der Waals surface area contributed by atoms with Crippen molar-refractivity contribution in [1.29, 1.82) is 0 Å². The number of ether oxygens (including phenoxy) is 3. The molecule has 1 aromatic rings. The molecule has 0 radical (unpaired) electrons. The Labute approximate surface area is 118 Å². The number of nitrogens with one attached hydrogen (secondary N) is 1. The molecule has 112 valence electrons. The van der Waals surface area contributed by atoms with Gasteiger partial charge in [-0.3, -0.25) is 4.79 Å². The van der Waals surface area contributed by atoms with E-state index in [1.165, 1.54) is 6.92 Å². The average Bonchev–Trinajstić information content (AvgIpc) is 2.43. The molecular formula is C14H21NO5. The van der Waals surface area contributed by atoms with Crippen LogP contribution in [0.25, 0.3) is 0 Å². The van der Waals surface area contributed by atoms with Crippen LogP contribution < -0.4 is 10.1 Å². The van der Waals surface area contributed by atoms with Crippen LogP contribution in [0.4, 0.5) is 5.69 Å². The Balaban J connectivity index is 2.08. The lowest BCUT2D eigenvalue weighted by molar-refractivity contribution is -0.114. The van der Waals surface area contributed by atoms with Gasteiger partial charge in [0.15, 0.2) is 0 Å². The van der Waals surface area contributed by atoms with Crippen LogP contribution in [-0.2, 0) is 14.3 Å². The first-order chi connectivity index (χ1) is 9.72. The first-order valence-electron chi connectivity index (χ1n) is 6.49. The standard InChI is InChI=1S/C14H21NO5/c1-12(17)15-13-2-4-14(5-3-13)20-11-10-19-9-8-18-7-6-16/h2-5,16H,6-11H2,1H3,(H,15,17). The van der Waals surface area contributed by atoms with Gasteiger partial charge in [0, 0.05) is 12.6 Å². The Morgan fingerprint density at radius 3 is 2.25 bits per heavy atom. The van der Waals surface area contributed by atoms with Crippen molar-refractivity contribution in [3.05, 3.63) is 24.3 Å². The summed E-state index contributed by atoms with van der Waals surface area (Å²) in [6.07, 6.45) is 0. The Morgan fingerprint density at radius 2 is 1.65 bits per heavy atom. The normalized spacial score (nSPS) is 10.3. The summed E-state index contributed by atoms with van der Waals surface area (Å²) in [7, 11) is 0. The van der Waals surface area contributed by atoms with Crippen LogP contribution in [0.15, 0.2) is 24.3 Å². The van der Waals surface area contributed by atoms with Crippen LogP contribution >= 0.6 is 0 Å². The number of amides is 1. The van der Waals surface area contributed by atoms with E-state index in [-0.39, 0.29) is 12.5 Å². The van der Waals surface area contributed by atoms with Gasteiger partial charge in [-0.05, 0) is 24.3 Å². The van der Waals surface area contributed by atoms with E-state index in [2.05, 4.69) is 5.32 Å². The first-order valence-corrected chi connectivity index (χ1v) is 6.49. The molecule has 0 aliphatic rings. The predicted octanol–water partition coefficient (Wildman–Crippen LogP) is 1.05. The monoisotopic (exact) mass is 283 g/mol. The van der Waals surface area contributed by atoms with Gasteiger partial charge in [-0.25, -0.2) is 0 Å². The minimum absolute atomic E-state index is 0.0254. The van der Waals surface area contributed by atoms with E-state index in [0.29, 0.717) is 33.0 Å². The number of aliphatic hydroxyl groups excluding tert-OH is 1. The molecule has 1 aromatic carbocycles. The molecule has 0 aromatic heterocycles. The van der Waals surface area contributed by atoms with E-state index in [9.17, 15) is 4.79 Å². The summed E-state index contributed by atoms with van der Waals surface area (Å²) in [5, 5.41) is 11.2. The quantitative estimate of drug-likeness (QED) is 0.628. The van der Waals surface area contributed by atoms with Crippen LogP contribution in [0.5, 0.6) is 5.75 Å². The molecular weight excluding hydrogens is 262 g/mol. The molecule has 6 heteroatoms. The number of hydrogen-bond donors (Lipinski definition) is 2. The molecule has 0 saturated heterocycles. The highest BCUT2D eigenvalue weighted by molar-refractivity contribution is 5.88. The summed E-state index contributed by atoms with van der Waals surface area (Å²) in [6, 6.07) is 7.13. The Kier molecular flexibility index (Phi) is 8.37. The minimum Gasteiger partial charge on any atom is -0.491 e. The first kappa shape index (κ1) is 16.4. The molecule has 1 amide bonds. The zero-order valence-corrected chi connectivity index (χ0v) is 11.6. The number of carbonyl (C=O) groups is 1. The molecule has 0 fully saturated rings. The van der Waals surface area contributed by atoms with E-state index >= 15 is 0 Å². The molecule has 0 spiro atoms. The van der Waals surface area contributed by atoms with E-state index in [0.717, 1.165) is 11.4 Å². The summed E-state index contributed by atoms with van der Waals surface area (Å²) in [5.74, 6) is 0.620. The minimum atomic E-state index is -0.101. The highest BCUT2D eigenvalue weighted by atomic mass is 16.5. The third kappa shape index (κ3) is 7.73. The molecule has 1 rings (SSSR count). The van der Waals surface area contributed by atoms with Crippen molar-refractivity contribution in [2.45, 2.75) is 6.92 Å². The van der Waals surface area contributed by atoms with E-state index in [1.54, 1.807) is 24.3 Å². The maximum atomic E-state index is 10.9. The molecule has 0 unspecified atom stereocenters. The van der Waals surface area contributed by atoms with E-state index in [1.807, 2.05) is 0 Å². The summed E-state index contributed by atoms with van der Waals surface area (Å²) < 4.78 is 15.8. The summed E-state index contributed by atoms with van der Waals surface area (Å²) >= 11 is 0. The average molecular weight is 283 g/mol. The van der Waals surface area contributed by atoms with Crippen LogP contribution in [0.1, 0.15) is 6.92 Å². The highest BCUT2D eigenvalue weighted by Gasteiger charge is 1.97. The highest BCUT2D eigenvalue weighted by Crippen LogP contribution is 2.15. The van der Waals surface area contributed by atoms with Gasteiger partial charge in [-0.2, -0.15) is 0 Å². The summed E-state index contributed by atoms with van der Waals surface area (Å²) in [6.45, 7) is 3.68. The van der Waals surface area contributed by atoms with Crippen molar-refractivity contribution in [1.82, 2.24) is 0 Å². The molecule has 0 aliphatic heterocycles. The van der Waals surface area contributed by atoms with Crippen LogP contribution in [-0.4, -0.2) is 50.7 Å². The lowest BCUT2D eigenvalue weighted by atomic mass is 10.3. The van der Waals surface area contributed by atoms with Gasteiger partial charge in [0.25, 0.3) is 0 Å². The fraction of sp³-hybridized carbons (Fsp3) is 0.500. The van der Waals surface area contributed by atoms with E-state index < -0.39 is 0 Å².